The fourth-order valence-electron chi connectivity index (χ4n) is 1.15. The van der Waals surface area contributed by atoms with E-state index < -0.39 is 11.4 Å². The molecule has 1 aliphatic rings. The average Bonchev–Trinajstić information content (AvgIpc) is 2.81. The van der Waals surface area contributed by atoms with Crippen LogP contribution in [0.1, 0.15) is 19.8 Å². The Morgan fingerprint density at radius 2 is 2.00 bits per heavy atom. The zero-order valence-corrected chi connectivity index (χ0v) is 7.33. The molecule has 0 heterocycles. The van der Waals surface area contributed by atoms with Gasteiger partial charge in [0.05, 0.1) is 0 Å². The molecule has 0 spiro atoms. The lowest BCUT2D eigenvalue weighted by molar-refractivity contribution is -0.152. The normalized spacial score (nSPS) is 18.5. The van der Waals surface area contributed by atoms with Crippen LogP contribution in [0.15, 0.2) is 0 Å². The number of hydrogen-bond donors (Lipinski definition) is 1. The lowest BCUT2D eigenvalue weighted by atomic mass is 10.1. The van der Waals surface area contributed by atoms with Crippen LogP contribution in [0.5, 0.6) is 0 Å². The third-order valence-electron chi connectivity index (χ3n) is 2.39. The predicted octanol–water partition coefficient (Wildman–Crippen LogP) is 0.329. The van der Waals surface area contributed by atoms with Crippen LogP contribution >= 0.6 is 0 Å². The molecule has 0 aliphatic heterocycles. The van der Waals surface area contributed by atoms with E-state index in [0.29, 0.717) is 19.4 Å². The molecule has 0 radical (unpaired) electrons. The molecule has 0 unspecified atom stereocenters. The molecule has 4 nitrogen and oxygen atoms in total. The second-order valence-corrected chi connectivity index (χ2v) is 3.21. The summed E-state index contributed by atoms with van der Waals surface area (Å²) in [6, 6.07) is 0. The van der Waals surface area contributed by atoms with E-state index in [-0.39, 0.29) is 5.91 Å². The van der Waals surface area contributed by atoms with Gasteiger partial charge in [0.1, 0.15) is 5.41 Å². The smallest absolute Gasteiger partial charge is 0.319 e. The van der Waals surface area contributed by atoms with Crippen molar-refractivity contribution >= 4 is 11.9 Å². The van der Waals surface area contributed by atoms with Crippen molar-refractivity contribution in [1.82, 2.24) is 4.90 Å². The Bertz CT molecular complexity index is 220. The summed E-state index contributed by atoms with van der Waals surface area (Å²) in [5.74, 6) is -1.23. The van der Waals surface area contributed by atoms with Gasteiger partial charge in [-0.05, 0) is 19.8 Å². The third-order valence-corrected chi connectivity index (χ3v) is 2.39. The first-order valence-corrected chi connectivity index (χ1v) is 4.03. The van der Waals surface area contributed by atoms with Crippen LogP contribution in [0.4, 0.5) is 0 Å². The monoisotopic (exact) mass is 171 g/mol. The van der Waals surface area contributed by atoms with Crippen molar-refractivity contribution in [2.24, 2.45) is 5.41 Å². The summed E-state index contributed by atoms with van der Waals surface area (Å²) < 4.78 is 0. The van der Waals surface area contributed by atoms with Gasteiger partial charge in [-0.2, -0.15) is 0 Å². The Morgan fingerprint density at radius 3 is 2.25 bits per heavy atom. The van der Waals surface area contributed by atoms with E-state index in [0.717, 1.165) is 0 Å². The minimum Gasteiger partial charge on any atom is -0.480 e. The molecule has 68 valence electrons. The molecular formula is C8H13NO3. The number of amides is 1. The van der Waals surface area contributed by atoms with Crippen LogP contribution in [0.2, 0.25) is 0 Å². The summed E-state index contributed by atoms with van der Waals surface area (Å²) in [5.41, 5.74) is -1.06. The van der Waals surface area contributed by atoms with E-state index in [4.69, 9.17) is 5.11 Å². The largest absolute Gasteiger partial charge is 0.480 e. The standard InChI is InChI=1S/C8H13NO3/c1-3-9(2)6(10)8(4-5-8)7(11)12/h3-5H2,1-2H3,(H,11,12). The molecule has 0 aromatic rings. The molecule has 12 heavy (non-hydrogen) atoms. The lowest BCUT2D eigenvalue weighted by Crippen LogP contribution is -2.38. The van der Waals surface area contributed by atoms with E-state index in [1.54, 1.807) is 7.05 Å². The number of hydrogen-bond acceptors (Lipinski definition) is 2. The van der Waals surface area contributed by atoms with Crippen molar-refractivity contribution in [2.75, 3.05) is 13.6 Å². The second kappa shape index (κ2) is 2.77. The first kappa shape index (κ1) is 9.03. The van der Waals surface area contributed by atoms with Crippen LogP contribution in [0.3, 0.4) is 0 Å². The van der Waals surface area contributed by atoms with E-state index in [2.05, 4.69) is 0 Å². The summed E-state index contributed by atoms with van der Waals surface area (Å²) >= 11 is 0. The van der Waals surface area contributed by atoms with Gasteiger partial charge in [-0.15, -0.1) is 0 Å². The molecule has 1 aliphatic carbocycles. The number of nitrogens with zero attached hydrogens (tertiary/aromatic N) is 1. The number of aliphatic carboxylic acids is 1. The highest BCUT2D eigenvalue weighted by atomic mass is 16.4. The summed E-state index contributed by atoms with van der Waals surface area (Å²) in [5, 5.41) is 8.77. The van der Waals surface area contributed by atoms with E-state index in [1.807, 2.05) is 6.92 Å². The zero-order chi connectivity index (χ0) is 9.35. The van der Waals surface area contributed by atoms with Gasteiger partial charge in [0.2, 0.25) is 5.91 Å². The van der Waals surface area contributed by atoms with Gasteiger partial charge in [0, 0.05) is 13.6 Å². The van der Waals surface area contributed by atoms with Crippen LogP contribution in [-0.4, -0.2) is 35.5 Å². The Balaban J connectivity index is 2.70. The van der Waals surface area contributed by atoms with E-state index >= 15 is 0 Å². The predicted molar refractivity (Wildman–Crippen MR) is 42.6 cm³/mol. The third kappa shape index (κ3) is 1.17. The van der Waals surface area contributed by atoms with Gasteiger partial charge >= 0.3 is 5.97 Å². The quantitative estimate of drug-likeness (QED) is 0.622. The highest BCUT2D eigenvalue weighted by Crippen LogP contribution is 2.47. The first-order valence-electron chi connectivity index (χ1n) is 4.03. The van der Waals surface area contributed by atoms with Gasteiger partial charge < -0.3 is 10.0 Å². The number of rotatable bonds is 3. The molecule has 0 atom stereocenters. The maximum absolute atomic E-state index is 11.4. The minimum atomic E-state index is -1.06. The maximum Gasteiger partial charge on any atom is 0.319 e. The number of carboxylic acid groups (broad SMARTS) is 1. The summed E-state index contributed by atoms with van der Waals surface area (Å²) in [6.07, 6.45) is 0.983. The molecule has 1 saturated carbocycles. The van der Waals surface area contributed by atoms with Crippen molar-refractivity contribution in [3.63, 3.8) is 0 Å². The molecule has 4 heteroatoms. The molecule has 0 bridgehead atoms. The van der Waals surface area contributed by atoms with E-state index in [9.17, 15) is 9.59 Å². The Labute approximate surface area is 71.2 Å². The molecular weight excluding hydrogens is 158 g/mol. The van der Waals surface area contributed by atoms with Crippen molar-refractivity contribution in [1.29, 1.82) is 0 Å². The first-order chi connectivity index (χ1) is 5.54. The average molecular weight is 171 g/mol. The highest BCUT2D eigenvalue weighted by molar-refractivity contribution is 6.04. The van der Waals surface area contributed by atoms with Crippen molar-refractivity contribution in [2.45, 2.75) is 19.8 Å². The molecule has 0 saturated heterocycles. The van der Waals surface area contributed by atoms with Gasteiger partial charge in [0.25, 0.3) is 0 Å². The van der Waals surface area contributed by atoms with Gasteiger partial charge in [-0.1, -0.05) is 0 Å². The van der Waals surface area contributed by atoms with Crippen LogP contribution < -0.4 is 0 Å². The van der Waals surface area contributed by atoms with Gasteiger partial charge in [-0.25, -0.2) is 0 Å². The Kier molecular flexibility index (Phi) is 2.08. The SMILES string of the molecule is CCN(C)C(=O)C1(C(=O)O)CC1. The van der Waals surface area contributed by atoms with Crippen LogP contribution in [-0.2, 0) is 9.59 Å². The minimum absolute atomic E-state index is 0.252. The molecule has 1 rings (SSSR count). The number of carbonyl (C=O) groups excluding carboxylic acids is 1. The van der Waals surface area contributed by atoms with Gasteiger partial charge in [-0.3, -0.25) is 9.59 Å². The Morgan fingerprint density at radius 1 is 1.50 bits per heavy atom. The second-order valence-electron chi connectivity index (χ2n) is 3.21. The summed E-state index contributed by atoms with van der Waals surface area (Å²) in [6.45, 7) is 2.39. The van der Waals surface area contributed by atoms with E-state index in [1.165, 1.54) is 4.90 Å². The molecule has 0 aromatic carbocycles. The maximum atomic E-state index is 11.4. The van der Waals surface area contributed by atoms with Crippen LogP contribution in [0.25, 0.3) is 0 Å². The topological polar surface area (TPSA) is 57.6 Å². The van der Waals surface area contributed by atoms with Gasteiger partial charge in [0.15, 0.2) is 0 Å². The number of carbonyl (C=O) groups is 2. The Hall–Kier alpha value is -1.06. The molecule has 1 amide bonds. The highest BCUT2D eigenvalue weighted by Gasteiger charge is 2.57. The summed E-state index contributed by atoms with van der Waals surface area (Å²) in [7, 11) is 1.63. The van der Waals surface area contributed by atoms with Crippen molar-refractivity contribution in [3.05, 3.63) is 0 Å². The van der Waals surface area contributed by atoms with Crippen molar-refractivity contribution < 1.29 is 14.7 Å². The molecule has 1 N–H and O–H groups in total. The zero-order valence-electron chi connectivity index (χ0n) is 7.33. The van der Waals surface area contributed by atoms with Crippen LogP contribution in [0, 0.1) is 5.41 Å². The molecule has 0 aromatic heterocycles. The lowest BCUT2D eigenvalue weighted by Gasteiger charge is -2.18. The van der Waals surface area contributed by atoms with Crippen molar-refractivity contribution in [3.8, 4) is 0 Å². The molecule has 1 fully saturated rings. The summed E-state index contributed by atoms with van der Waals surface area (Å²) in [4.78, 5) is 23.6. The fraction of sp³-hybridized carbons (Fsp3) is 0.750. The fourth-order valence-corrected chi connectivity index (χ4v) is 1.15. The number of carboxylic acids is 1.